The first kappa shape index (κ1) is 13.5. The molecule has 1 heterocycles. The Morgan fingerprint density at radius 3 is 2.50 bits per heavy atom. The SMILES string of the molecule is O=C(CCNC1CC1)Nc1ccc(C2OCCO2)cc1. The van der Waals surface area contributed by atoms with E-state index in [1.807, 2.05) is 24.3 Å². The molecular weight excluding hydrogens is 256 g/mol. The predicted octanol–water partition coefficient (Wildman–Crippen LogP) is 1.81. The van der Waals surface area contributed by atoms with E-state index in [0.717, 1.165) is 17.8 Å². The zero-order chi connectivity index (χ0) is 13.8. The fourth-order valence-electron chi connectivity index (χ4n) is 2.18. The molecule has 0 aromatic heterocycles. The highest BCUT2D eigenvalue weighted by atomic mass is 16.7. The molecule has 2 N–H and O–H groups in total. The number of carbonyl (C=O) groups excluding carboxylic acids is 1. The lowest BCUT2D eigenvalue weighted by Gasteiger charge is -2.10. The van der Waals surface area contributed by atoms with Gasteiger partial charge in [0.05, 0.1) is 13.2 Å². The maximum absolute atomic E-state index is 11.8. The monoisotopic (exact) mass is 276 g/mol. The van der Waals surface area contributed by atoms with Gasteiger partial charge >= 0.3 is 0 Å². The number of amides is 1. The summed E-state index contributed by atoms with van der Waals surface area (Å²) in [6, 6.07) is 8.26. The van der Waals surface area contributed by atoms with Crippen molar-refractivity contribution in [1.29, 1.82) is 0 Å². The van der Waals surface area contributed by atoms with E-state index in [-0.39, 0.29) is 12.2 Å². The average molecular weight is 276 g/mol. The summed E-state index contributed by atoms with van der Waals surface area (Å²) >= 11 is 0. The van der Waals surface area contributed by atoms with Gasteiger partial charge in [0.2, 0.25) is 5.91 Å². The van der Waals surface area contributed by atoms with Crippen LogP contribution in [0.15, 0.2) is 24.3 Å². The van der Waals surface area contributed by atoms with Crippen molar-refractivity contribution in [3.05, 3.63) is 29.8 Å². The Labute approximate surface area is 118 Å². The highest BCUT2D eigenvalue weighted by molar-refractivity contribution is 5.90. The number of ether oxygens (including phenoxy) is 2. The molecule has 5 nitrogen and oxygen atoms in total. The minimum absolute atomic E-state index is 0.0410. The average Bonchev–Trinajstić information content (AvgIpc) is 3.11. The fraction of sp³-hybridized carbons (Fsp3) is 0.533. The number of hydrogen-bond donors (Lipinski definition) is 2. The first-order valence-electron chi connectivity index (χ1n) is 7.18. The molecule has 1 saturated heterocycles. The Balaban J connectivity index is 1.45. The van der Waals surface area contributed by atoms with Crippen molar-refractivity contribution in [2.24, 2.45) is 0 Å². The van der Waals surface area contributed by atoms with Gasteiger partial charge in [0.25, 0.3) is 0 Å². The first-order chi connectivity index (χ1) is 9.81. The van der Waals surface area contributed by atoms with Crippen LogP contribution in [0.1, 0.15) is 31.1 Å². The van der Waals surface area contributed by atoms with Crippen molar-refractivity contribution in [1.82, 2.24) is 5.32 Å². The summed E-state index contributed by atoms with van der Waals surface area (Å²) in [5.41, 5.74) is 1.79. The van der Waals surface area contributed by atoms with Gasteiger partial charge in [-0.2, -0.15) is 0 Å². The third kappa shape index (κ3) is 3.79. The summed E-state index contributed by atoms with van der Waals surface area (Å²) < 4.78 is 10.8. The molecule has 0 radical (unpaired) electrons. The van der Waals surface area contributed by atoms with E-state index in [4.69, 9.17) is 9.47 Å². The molecule has 1 aromatic carbocycles. The van der Waals surface area contributed by atoms with Crippen LogP contribution in [-0.4, -0.2) is 31.7 Å². The van der Waals surface area contributed by atoms with Gasteiger partial charge in [-0.15, -0.1) is 0 Å². The van der Waals surface area contributed by atoms with Gasteiger partial charge in [0.15, 0.2) is 6.29 Å². The molecule has 0 spiro atoms. The summed E-state index contributed by atoms with van der Waals surface area (Å²) in [5.74, 6) is 0.0410. The van der Waals surface area contributed by atoms with E-state index in [1.54, 1.807) is 0 Å². The van der Waals surface area contributed by atoms with Crippen molar-refractivity contribution in [3.8, 4) is 0 Å². The van der Waals surface area contributed by atoms with Crippen molar-refractivity contribution < 1.29 is 14.3 Å². The maximum Gasteiger partial charge on any atom is 0.225 e. The number of nitrogens with one attached hydrogen (secondary N) is 2. The van der Waals surface area contributed by atoms with Gasteiger partial charge in [0, 0.05) is 30.3 Å². The van der Waals surface area contributed by atoms with E-state index in [0.29, 0.717) is 25.7 Å². The second-order valence-electron chi connectivity index (χ2n) is 5.22. The number of carbonyl (C=O) groups is 1. The Bertz CT molecular complexity index is 451. The van der Waals surface area contributed by atoms with Crippen LogP contribution in [0.3, 0.4) is 0 Å². The van der Waals surface area contributed by atoms with E-state index in [2.05, 4.69) is 10.6 Å². The molecule has 1 saturated carbocycles. The Morgan fingerprint density at radius 1 is 1.15 bits per heavy atom. The minimum Gasteiger partial charge on any atom is -0.346 e. The number of hydrogen-bond acceptors (Lipinski definition) is 4. The standard InChI is InChI=1S/C15H20N2O3/c18-14(7-8-16-12-5-6-12)17-13-3-1-11(2-4-13)15-19-9-10-20-15/h1-4,12,15-16H,5-10H2,(H,17,18). The summed E-state index contributed by atoms with van der Waals surface area (Å²) in [4.78, 5) is 11.8. The molecule has 0 atom stereocenters. The smallest absolute Gasteiger partial charge is 0.225 e. The second-order valence-corrected chi connectivity index (χ2v) is 5.22. The summed E-state index contributed by atoms with van der Waals surface area (Å²) in [7, 11) is 0. The topological polar surface area (TPSA) is 59.6 Å². The lowest BCUT2D eigenvalue weighted by molar-refractivity contribution is -0.116. The summed E-state index contributed by atoms with van der Waals surface area (Å²) in [6.45, 7) is 2.02. The van der Waals surface area contributed by atoms with E-state index in [1.165, 1.54) is 12.8 Å². The van der Waals surface area contributed by atoms with Gasteiger partial charge in [-0.1, -0.05) is 12.1 Å². The molecular formula is C15H20N2O3. The Kier molecular flexibility index (Phi) is 4.30. The van der Waals surface area contributed by atoms with Crippen LogP contribution in [0.4, 0.5) is 5.69 Å². The summed E-state index contributed by atoms with van der Waals surface area (Å²) in [6.07, 6.45) is 2.73. The maximum atomic E-state index is 11.8. The van der Waals surface area contributed by atoms with Gasteiger partial charge in [-0.3, -0.25) is 4.79 Å². The molecule has 3 rings (SSSR count). The third-order valence-electron chi connectivity index (χ3n) is 3.45. The summed E-state index contributed by atoms with van der Waals surface area (Å²) in [5, 5.41) is 6.22. The second kappa shape index (κ2) is 6.35. The van der Waals surface area contributed by atoms with Crippen LogP contribution >= 0.6 is 0 Å². The molecule has 1 aliphatic heterocycles. The third-order valence-corrected chi connectivity index (χ3v) is 3.45. The molecule has 1 aromatic rings. The molecule has 2 fully saturated rings. The Hall–Kier alpha value is -1.43. The quantitative estimate of drug-likeness (QED) is 0.832. The lowest BCUT2D eigenvalue weighted by Crippen LogP contribution is -2.23. The minimum atomic E-state index is -0.262. The lowest BCUT2D eigenvalue weighted by atomic mass is 10.2. The molecule has 5 heteroatoms. The van der Waals surface area contributed by atoms with Gasteiger partial charge < -0.3 is 20.1 Å². The number of rotatable bonds is 6. The van der Waals surface area contributed by atoms with Gasteiger partial charge in [-0.05, 0) is 25.0 Å². The number of anilines is 1. The zero-order valence-corrected chi connectivity index (χ0v) is 11.4. The van der Waals surface area contributed by atoms with Crippen molar-refractivity contribution in [2.45, 2.75) is 31.6 Å². The van der Waals surface area contributed by atoms with Crippen molar-refractivity contribution in [3.63, 3.8) is 0 Å². The molecule has 1 aliphatic carbocycles. The van der Waals surface area contributed by atoms with E-state index in [9.17, 15) is 4.79 Å². The molecule has 108 valence electrons. The molecule has 2 aliphatic rings. The van der Waals surface area contributed by atoms with Gasteiger partial charge in [0.1, 0.15) is 0 Å². The highest BCUT2D eigenvalue weighted by Crippen LogP contribution is 2.24. The zero-order valence-electron chi connectivity index (χ0n) is 11.4. The predicted molar refractivity (Wildman–Crippen MR) is 75.4 cm³/mol. The van der Waals surface area contributed by atoms with Gasteiger partial charge in [-0.25, -0.2) is 0 Å². The van der Waals surface area contributed by atoms with Crippen LogP contribution in [-0.2, 0) is 14.3 Å². The van der Waals surface area contributed by atoms with Crippen LogP contribution < -0.4 is 10.6 Å². The van der Waals surface area contributed by atoms with Crippen LogP contribution in [0.5, 0.6) is 0 Å². The highest BCUT2D eigenvalue weighted by Gasteiger charge is 2.20. The van der Waals surface area contributed by atoms with Crippen LogP contribution in [0, 0.1) is 0 Å². The number of benzene rings is 1. The van der Waals surface area contributed by atoms with E-state index < -0.39 is 0 Å². The van der Waals surface area contributed by atoms with E-state index >= 15 is 0 Å². The largest absolute Gasteiger partial charge is 0.346 e. The molecule has 1 amide bonds. The van der Waals surface area contributed by atoms with Crippen molar-refractivity contribution in [2.75, 3.05) is 25.1 Å². The molecule has 0 unspecified atom stereocenters. The first-order valence-corrected chi connectivity index (χ1v) is 7.18. The Morgan fingerprint density at radius 2 is 1.85 bits per heavy atom. The molecule has 0 bridgehead atoms. The van der Waals surface area contributed by atoms with Crippen LogP contribution in [0.25, 0.3) is 0 Å². The van der Waals surface area contributed by atoms with Crippen LogP contribution in [0.2, 0.25) is 0 Å². The fourth-order valence-corrected chi connectivity index (χ4v) is 2.18. The molecule has 20 heavy (non-hydrogen) atoms. The normalized spacial score (nSPS) is 19.2. The van der Waals surface area contributed by atoms with Crippen molar-refractivity contribution >= 4 is 11.6 Å².